The molecule has 0 spiro atoms. The summed E-state index contributed by atoms with van der Waals surface area (Å²) in [6, 6.07) is 138. The summed E-state index contributed by atoms with van der Waals surface area (Å²) in [4.78, 5) is 9.69. The standard InChI is InChI=1S/C110H72N4O4/c1-4-22-74(23-5-1)111(94-34-18-30-82-78-26-8-12-38-98(78)115-106(82)94)90-62-46-68-44-60-88-92(64-48-70-42-58-86(90)102(68)104(70)88)113(96-36-20-32-84-80-28-10-14-40-100(80)117-108(84)96)76-54-50-72(51-55-76)110(66-16-3-17-67-110)73-52-56-77(57-53-73)114(97-37-21-33-85-81-29-11-15-41-101(81)118-109(85)97)93-65-49-71-43-59-87-91(63-47-69-45-61-89(93)105(71)103(69)87)112(75-24-6-2-7-25-75)95-35-19-31-83-79-27-9-13-39-99(79)116-107(83)95/h1-2,4-15,18-65H,3,16-17,66-67H2. The van der Waals surface area contributed by atoms with Gasteiger partial charge in [-0.1, -0.05) is 274 Å². The molecule has 0 atom stereocenters. The molecular weight excluding hydrogens is 1440 g/mol. The Morgan fingerprint density at radius 3 is 0.712 bits per heavy atom. The van der Waals surface area contributed by atoms with Crippen LogP contribution in [0.5, 0.6) is 0 Å². The van der Waals surface area contributed by atoms with E-state index in [1.807, 2.05) is 12.1 Å². The highest BCUT2D eigenvalue weighted by Crippen LogP contribution is 2.56. The van der Waals surface area contributed by atoms with Gasteiger partial charge in [-0.25, -0.2) is 0 Å². The Morgan fingerprint density at radius 2 is 0.424 bits per heavy atom. The molecule has 1 fully saturated rings. The van der Waals surface area contributed by atoms with E-state index in [4.69, 9.17) is 17.7 Å². The fourth-order valence-corrected chi connectivity index (χ4v) is 20.5. The minimum atomic E-state index is -0.273. The molecule has 1 aliphatic carbocycles. The summed E-state index contributed by atoms with van der Waals surface area (Å²) < 4.78 is 27.8. The number of rotatable bonds is 14. The molecule has 118 heavy (non-hydrogen) atoms. The highest BCUT2D eigenvalue weighted by molar-refractivity contribution is 6.31. The van der Waals surface area contributed by atoms with E-state index in [9.17, 15) is 0 Å². The van der Waals surface area contributed by atoms with E-state index < -0.39 is 0 Å². The molecule has 0 amide bonds. The van der Waals surface area contributed by atoms with Gasteiger partial charge in [0.2, 0.25) is 0 Å². The zero-order valence-electron chi connectivity index (χ0n) is 64.3. The molecule has 8 nitrogen and oxygen atoms in total. The molecule has 8 heteroatoms. The SMILES string of the molecule is c1ccc(N(c2ccc3ccc4c(N(c5ccc(C6(c7ccc(N(c8ccc9ccc%10c(N(c%11ccccc%11)c%11cccc%12c%11oc%11ccccc%11%12)ccc%11ccc8c9c%11%10)c8cccc9c8oc8ccccc89)cc7)CCCCC6)cc5)c5cccc6c5oc5ccccc56)ccc5ccc2c3c54)c2cccc3c2oc2ccccc23)cc1. The molecule has 1 aliphatic rings. The first kappa shape index (κ1) is 66.3. The van der Waals surface area contributed by atoms with Gasteiger partial charge in [-0.05, 0) is 188 Å². The van der Waals surface area contributed by atoms with Gasteiger partial charge in [-0.2, -0.15) is 0 Å². The van der Waals surface area contributed by atoms with Crippen molar-refractivity contribution in [3.63, 3.8) is 0 Å². The van der Waals surface area contributed by atoms with Gasteiger partial charge in [0.05, 0.1) is 45.5 Å². The van der Waals surface area contributed by atoms with E-state index in [0.29, 0.717) is 0 Å². The second-order valence-corrected chi connectivity index (χ2v) is 31.9. The number of hydrogen-bond acceptors (Lipinski definition) is 8. The maximum atomic E-state index is 7.06. The second kappa shape index (κ2) is 26.0. The van der Waals surface area contributed by atoms with Crippen LogP contribution in [-0.4, -0.2) is 0 Å². The predicted molar refractivity (Wildman–Crippen MR) is 492 cm³/mol. The molecule has 556 valence electrons. The fraction of sp³-hybridized carbons (Fsp3) is 0.0545. The average Bonchev–Trinajstić information content (AvgIpc) is 0.853. The highest BCUT2D eigenvalue weighted by atomic mass is 16.3. The molecule has 0 radical (unpaired) electrons. The Hall–Kier alpha value is -15.1. The molecule has 24 aromatic rings. The molecular formula is C110H72N4O4. The van der Waals surface area contributed by atoms with E-state index in [1.54, 1.807) is 0 Å². The fourth-order valence-electron chi connectivity index (χ4n) is 20.5. The largest absolute Gasteiger partial charge is 0.454 e. The first-order valence-electron chi connectivity index (χ1n) is 41.1. The topological polar surface area (TPSA) is 65.5 Å². The van der Waals surface area contributed by atoms with E-state index in [0.717, 1.165) is 203 Å². The summed E-state index contributed by atoms with van der Waals surface area (Å²) in [6.07, 6.45) is 5.48. The summed E-state index contributed by atoms with van der Waals surface area (Å²) in [7, 11) is 0. The Kier molecular flexibility index (Phi) is 14.6. The van der Waals surface area contributed by atoms with Crippen molar-refractivity contribution in [2.24, 2.45) is 0 Å². The van der Waals surface area contributed by atoms with Gasteiger partial charge in [0.25, 0.3) is 0 Å². The lowest BCUT2D eigenvalue weighted by Gasteiger charge is -2.39. The summed E-state index contributed by atoms with van der Waals surface area (Å²) in [5, 5.41) is 22.7. The van der Waals surface area contributed by atoms with Gasteiger partial charge in [-0.15, -0.1) is 0 Å². The molecule has 0 N–H and O–H groups in total. The molecule has 20 aromatic carbocycles. The van der Waals surface area contributed by atoms with Crippen molar-refractivity contribution in [1.82, 2.24) is 0 Å². The van der Waals surface area contributed by atoms with Crippen molar-refractivity contribution < 1.29 is 17.7 Å². The van der Waals surface area contributed by atoms with Crippen LogP contribution in [0.3, 0.4) is 0 Å². The van der Waals surface area contributed by atoms with Crippen molar-refractivity contribution in [3.05, 3.63) is 387 Å². The van der Waals surface area contributed by atoms with Gasteiger partial charge in [0.15, 0.2) is 22.3 Å². The monoisotopic (exact) mass is 1510 g/mol. The number of anilines is 12. The predicted octanol–water partition coefficient (Wildman–Crippen LogP) is 32.2. The average molecular weight is 1510 g/mol. The molecule has 0 bridgehead atoms. The minimum absolute atomic E-state index is 0.273. The quantitative estimate of drug-likeness (QED) is 0.0998. The van der Waals surface area contributed by atoms with Crippen LogP contribution in [0, 0.1) is 0 Å². The van der Waals surface area contributed by atoms with Crippen LogP contribution < -0.4 is 19.6 Å². The normalized spacial score (nSPS) is 13.3. The summed E-state index contributed by atoms with van der Waals surface area (Å²) in [5.41, 5.74) is 21.5. The third-order valence-electron chi connectivity index (χ3n) is 25.8. The van der Waals surface area contributed by atoms with Crippen LogP contribution in [0.25, 0.3) is 152 Å². The summed E-state index contributed by atoms with van der Waals surface area (Å²) >= 11 is 0. The second-order valence-electron chi connectivity index (χ2n) is 31.9. The van der Waals surface area contributed by atoms with Gasteiger partial charge in [-0.3, -0.25) is 0 Å². The number of hydrogen-bond donors (Lipinski definition) is 0. The van der Waals surface area contributed by atoms with E-state index in [-0.39, 0.29) is 5.41 Å². The Morgan fingerprint density at radius 1 is 0.178 bits per heavy atom. The Labute approximate surface area is 678 Å². The smallest absolute Gasteiger partial charge is 0.159 e. The van der Waals surface area contributed by atoms with Gasteiger partial charge in [0, 0.05) is 92.8 Å². The maximum Gasteiger partial charge on any atom is 0.159 e. The Bertz CT molecular complexity index is 7660. The number of furan rings is 4. The van der Waals surface area contributed by atoms with Crippen LogP contribution >= 0.6 is 0 Å². The zero-order valence-corrected chi connectivity index (χ0v) is 64.3. The molecule has 1 saturated carbocycles. The minimum Gasteiger partial charge on any atom is -0.454 e. The van der Waals surface area contributed by atoms with Crippen molar-refractivity contribution in [2.45, 2.75) is 37.5 Å². The van der Waals surface area contributed by atoms with Gasteiger partial charge in [0.1, 0.15) is 22.3 Å². The molecule has 0 unspecified atom stereocenters. The van der Waals surface area contributed by atoms with Crippen LogP contribution in [0.2, 0.25) is 0 Å². The molecule has 25 rings (SSSR count). The third kappa shape index (κ3) is 9.90. The highest BCUT2D eigenvalue weighted by Gasteiger charge is 2.37. The van der Waals surface area contributed by atoms with Gasteiger partial charge >= 0.3 is 0 Å². The molecule has 4 aromatic heterocycles. The lowest BCUT2D eigenvalue weighted by molar-refractivity contribution is 0.346. The number of para-hydroxylation sites is 10. The van der Waals surface area contributed by atoms with Crippen molar-refractivity contribution in [3.8, 4) is 0 Å². The van der Waals surface area contributed by atoms with Crippen molar-refractivity contribution >= 4 is 221 Å². The van der Waals surface area contributed by atoms with Crippen LogP contribution in [0.1, 0.15) is 43.2 Å². The van der Waals surface area contributed by atoms with Crippen LogP contribution in [-0.2, 0) is 5.41 Å². The summed E-state index contributed by atoms with van der Waals surface area (Å²) in [6.45, 7) is 0. The van der Waals surface area contributed by atoms with E-state index in [2.05, 4.69) is 384 Å². The molecule has 4 heterocycles. The van der Waals surface area contributed by atoms with Crippen molar-refractivity contribution in [2.75, 3.05) is 19.6 Å². The first-order valence-corrected chi connectivity index (χ1v) is 41.1. The zero-order chi connectivity index (χ0) is 77.3. The first-order chi connectivity index (χ1) is 58.5. The third-order valence-corrected chi connectivity index (χ3v) is 25.8. The van der Waals surface area contributed by atoms with Crippen molar-refractivity contribution in [1.29, 1.82) is 0 Å². The number of nitrogens with zero attached hydrogens (tertiary/aromatic N) is 4. The van der Waals surface area contributed by atoms with E-state index in [1.165, 1.54) is 60.6 Å². The lowest BCUT2D eigenvalue weighted by Crippen LogP contribution is -2.30. The summed E-state index contributed by atoms with van der Waals surface area (Å²) in [5.74, 6) is 0. The Balaban J connectivity index is 0.634. The molecule has 0 saturated heterocycles. The number of fused-ring (bicyclic) bond motifs is 12. The van der Waals surface area contributed by atoms with Crippen LogP contribution in [0.4, 0.5) is 68.2 Å². The molecule has 0 aliphatic heterocycles. The van der Waals surface area contributed by atoms with E-state index >= 15 is 0 Å². The van der Waals surface area contributed by atoms with Crippen LogP contribution in [0.15, 0.2) is 394 Å². The lowest BCUT2D eigenvalue weighted by atomic mass is 9.65. The number of benzene rings is 20. The van der Waals surface area contributed by atoms with Gasteiger partial charge < -0.3 is 37.3 Å². The maximum absolute atomic E-state index is 7.06.